The Morgan fingerprint density at radius 3 is 2.53 bits per heavy atom. The number of carbonyl (C=O) groups is 1. The fourth-order valence-electron chi connectivity index (χ4n) is 1.52. The predicted molar refractivity (Wildman–Crippen MR) is 63.6 cm³/mol. The lowest BCUT2D eigenvalue weighted by Crippen LogP contribution is -2.33. The minimum atomic E-state index is 0.354. The molecule has 0 N–H and O–H groups in total. The highest BCUT2D eigenvalue weighted by Crippen LogP contribution is 2.31. The molecule has 1 fully saturated rings. The van der Waals surface area contributed by atoms with Crippen LogP contribution < -0.4 is 0 Å². The fourth-order valence-corrected chi connectivity index (χ4v) is 1.52. The molecule has 1 rings (SSSR count). The maximum absolute atomic E-state index is 11.9. The monoisotopic (exact) mass is 209 g/mol. The van der Waals surface area contributed by atoms with Gasteiger partial charge in [0.25, 0.3) is 0 Å². The third-order valence-corrected chi connectivity index (χ3v) is 2.74. The van der Waals surface area contributed by atoms with Crippen molar-refractivity contribution in [2.24, 2.45) is 5.92 Å². The minimum absolute atomic E-state index is 0.354. The summed E-state index contributed by atoms with van der Waals surface area (Å²) in [6.45, 7) is 8.06. The molecule has 2 nitrogen and oxygen atoms in total. The van der Waals surface area contributed by atoms with Crippen LogP contribution in [0, 0.1) is 5.92 Å². The van der Waals surface area contributed by atoms with Crippen LogP contribution in [0.3, 0.4) is 0 Å². The first-order chi connectivity index (χ1) is 7.15. The van der Waals surface area contributed by atoms with Crippen LogP contribution in [0.25, 0.3) is 0 Å². The van der Waals surface area contributed by atoms with Gasteiger partial charge in [-0.3, -0.25) is 4.79 Å². The first-order valence-electron chi connectivity index (χ1n) is 6.07. The molecule has 0 atom stereocenters. The molecule has 0 aliphatic heterocycles. The Balaban J connectivity index is 2.43. The van der Waals surface area contributed by atoms with Gasteiger partial charge in [0.2, 0.25) is 5.91 Å². The Morgan fingerprint density at radius 2 is 2.07 bits per heavy atom. The highest BCUT2D eigenvalue weighted by Gasteiger charge is 2.32. The van der Waals surface area contributed by atoms with Crippen LogP contribution in [0.15, 0.2) is 11.6 Å². The van der Waals surface area contributed by atoms with Gasteiger partial charge >= 0.3 is 0 Å². The summed E-state index contributed by atoms with van der Waals surface area (Å²) >= 11 is 0. The molecule has 1 saturated carbocycles. The highest BCUT2D eigenvalue weighted by atomic mass is 16.2. The Bertz CT molecular complexity index is 237. The summed E-state index contributed by atoms with van der Waals surface area (Å²) in [5.74, 6) is 0.730. The smallest absolute Gasteiger partial charge is 0.225 e. The van der Waals surface area contributed by atoms with Gasteiger partial charge in [-0.25, -0.2) is 0 Å². The van der Waals surface area contributed by atoms with E-state index in [-0.39, 0.29) is 0 Å². The second kappa shape index (κ2) is 5.94. The number of nitrogens with zero attached hydrogens (tertiary/aromatic N) is 1. The molecule has 0 unspecified atom stereocenters. The van der Waals surface area contributed by atoms with E-state index in [2.05, 4.69) is 26.8 Å². The summed E-state index contributed by atoms with van der Waals surface area (Å²) in [4.78, 5) is 13.9. The molecule has 2 heteroatoms. The largest absolute Gasteiger partial charge is 0.339 e. The molecular formula is C13H23NO. The van der Waals surface area contributed by atoms with E-state index in [0.29, 0.717) is 11.8 Å². The van der Waals surface area contributed by atoms with Crippen molar-refractivity contribution >= 4 is 5.91 Å². The molecule has 0 aromatic heterocycles. The predicted octanol–water partition coefficient (Wildman–Crippen LogP) is 2.99. The number of unbranched alkanes of at least 4 members (excludes halogenated alkanes) is 1. The summed E-state index contributed by atoms with van der Waals surface area (Å²) in [5.41, 5.74) is 1.29. The van der Waals surface area contributed by atoms with E-state index in [4.69, 9.17) is 0 Å². The summed E-state index contributed by atoms with van der Waals surface area (Å²) in [7, 11) is 0. The third kappa shape index (κ3) is 4.50. The molecule has 0 radical (unpaired) electrons. The number of hydrogen-bond donors (Lipinski definition) is 0. The number of allylic oxidation sites excluding steroid dienone is 1. The van der Waals surface area contributed by atoms with E-state index in [1.54, 1.807) is 0 Å². The average molecular weight is 209 g/mol. The Kier molecular flexibility index (Phi) is 4.86. The van der Waals surface area contributed by atoms with Gasteiger partial charge in [0, 0.05) is 19.0 Å². The van der Waals surface area contributed by atoms with Crippen molar-refractivity contribution in [1.82, 2.24) is 4.90 Å². The van der Waals surface area contributed by atoms with Gasteiger partial charge in [0.15, 0.2) is 0 Å². The van der Waals surface area contributed by atoms with Crippen molar-refractivity contribution in [1.29, 1.82) is 0 Å². The molecule has 0 aromatic rings. The van der Waals surface area contributed by atoms with Crippen LogP contribution >= 0.6 is 0 Å². The zero-order valence-corrected chi connectivity index (χ0v) is 10.3. The molecule has 1 aliphatic carbocycles. The van der Waals surface area contributed by atoms with Crippen molar-refractivity contribution in [3.05, 3.63) is 11.6 Å². The van der Waals surface area contributed by atoms with Crippen LogP contribution in [0.4, 0.5) is 0 Å². The molecule has 86 valence electrons. The van der Waals surface area contributed by atoms with Crippen LogP contribution in [0.5, 0.6) is 0 Å². The van der Waals surface area contributed by atoms with E-state index < -0.39 is 0 Å². The number of hydrogen-bond acceptors (Lipinski definition) is 1. The lowest BCUT2D eigenvalue weighted by Gasteiger charge is -2.21. The van der Waals surface area contributed by atoms with Crippen LogP contribution in [-0.4, -0.2) is 23.9 Å². The second-order valence-corrected chi connectivity index (χ2v) is 4.69. The Labute approximate surface area is 93.3 Å². The normalized spacial score (nSPS) is 14.9. The first-order valence-corrected chi connectivity index (χ1v) is 6.07. The summed E-state index contributed by atoms with van der Waals surface area (Å²) < 4.78 is 0. The second-order valence-electron chi connectivity index (χ2n) is 4.69. The molecule has 0 saturated heterocycles. The van der Waals surface area contributed by atoms with Gasteiger partial charge < -0.3 is 4.90 Å². The zero-order valence-electron chi connectivity index (χ0n) is 10.3. The average Bonchev–Trinajstić information content (AvgIpc) is 3.00. The molecule has 0 aromatic carbocycles. The number of carbonyl (C=O) groups excluding carboxylic acids is 1. The molecule has 0 bridgehead atoms. The molecule has 1 aliphatic rings. The number of amides is 1. The summed E-state index contributed by atoms with van der Waals surface area (Å²) in [6.07, 6.45) is 6.64. The van der Waals surface area contributed by atoms with E-state index in [9.17, 15) is 4.79 Å². The van der Waals surface area contributed by atoms with Crippen molar-refractivity contribution < 1.29 is 4.79 Å². The van der Waals surface area contributed by atoms with E-state index in [1.165, 1.54) is 5.57 Å². The van der Waals surface area contributed by atoms with Gasteiger partial charge in [0.1, 0.15) is 0 Å². The van der Waals surface area contributed by atoms with Crippen LogP contribution in [0.2, 0.25) is 0 Å². The standard InChI is InChI=1S/C13H23NO/c1-4-5-9-14(10-8-11(2)3)13(15)12-6-7-12/h8,12H,4-7,9-10H2,1-3H3. The van der Waals surface area contributed by atoms with E-state index in [1.807, 2.05) is 4.90 Å². The Hall–Kier alpha value is -0.790. The minimum Gasteiger partial charge on any atom is -0.339 e. The zero-order chi connectivity index (χ0) is 11.3. The highest BCUT2D eigenvalue weighted by molar-refractivity contribution is 5.81. The van der Waals surface area contributed by atoms with E-state index >= 15 is 0 Å². The molecule has 0 heterocycles. The Morgan fingerprint density at radius 1 is 1.40 bits per heavy atom. The quantitative estimate of drug-likeness (QED) is 0.616. The van der Waals surface area contributed by atoms with Crippen LogP contribution in [0.1, 0.15) is 46.5 Å². The SMILES string of the molecule is CCCCN(CC=C(C)C)C(=O)C1CC1. The van der Waals surface area contributed by atoms with Crippen molar-refractivity contribution in [3.63, 3.8) is 0 Å². The first kappa shape index (κ1) is 12.3. The molecule has 0 spiro atoms. The van der Waals surface area contributed by atoms with Gasteiger partial charge in [-0.1, -0.05) is 25.0 Å². The summed E-state index contributed by atoms with van der Waals surface area (Å²) in [6, 6.07) is 0. The van der Waals surface area contributed by atoms with Crippen LogP contribution in [-0.2, 0) is 4.79 Å². The maximum atomic E-state index is 11.9. The van der Waals surface area contributed by atoms with Crippen molar-refractivity contribution in [2.45, 2.75) is 46.5 Å². The van der Waals surface area contributed by atoms with Gasteiger partial charge in [-0.2, -0.15) is 0 Å². The van der Waals surface area contributed by atoms with Gasteiger partial charge in [-0.15, -0.1) is 0 Å². The maximum Gasteiger partial charge on any atom is 0.225 e. The van der Waals surface area contributed by atoms with E-state index in [0.717, 1.165) is 38.8 Å². The van der Waals surface area contributed by atoms with Crippen molar-refractivity contribution in [2.75, 3.05) is 13.1 Å². The summed E-state index contributed by atoms with van der Waals surface area (Å²) in [5, 5.41) is 0. The number of rotatable bonds is 6. The lowest BCUT2D eigenvalue weighted by molar-refractivity contribution is -0.132. The third-order valence-electron chi connectivity index (χ3n) is 2.74. The fraction of sp³-hybridized carbons (Fsp3) is 0.769. The topological polar surface area (TPSA) is 20.3 Å². The van der Waals surface area contributed by atoms with Crippen molar-refractivity contribution in [3.8, 4) is 0 Å². The molecular weight excluding hydrogens is 186 g/mol. The van der Waals surface area contributed by atoms with Gasteiger partial charge in [-0.05, 0) is 33.1 Å². The lowest BCUT2D eigenvalue weighted by atomic mass is 10.2. The molecule has 1 amide bonds. The molecule has 15 heavy (non-hydrogen) atoms. The van der Waals surface area contributed by atoms with Gasteiger partial charge in [0.05, 0.1) is 0 Å².